The van der Waals surface area contributed by atoms with Crippen LogP contribution in [0.3, 0.4) is 0 Å². The number of nitrogens with zero attached hydrogens (tertiary/aromatic N) is 1. The maximum atomic E-state index is 5.15. The van der Waals surface area contributed by atoms with Gasteiger partial charge in [0.05, 0.1) is 5.71 Å². The largest absolute Gasteiger partial charge is 0.393 e. The fraction of sp³-hybridized carbons (Fsp3) is 0.900. The Morgan fingerprint density at radius 1 is 1.46 bits per heavy atom. The van der Waals surface area contributed by atoms with Gasteiger partial charge in [-0.15, -0.1) is 0 Å². The maximum absolute atomic E-state index is 5.15. The Balaban J connectivity index is -0.000000376. The molecule has 82 valence electrons. The van der Waals surface area contributed by atoms with Gasteiger partial charge in [0.15, 0.2) is 0 Å². The summed E-state index contributed by atoms with van der Waals surface area (Å²) >= 11 is 0. The zero-order valence-electron chi connectivity index (χ0n) is 9.85. The highest BCUT2D eigenvalue weighted by Crippen LogP contribution is 1.96. The predicted octanol–water partition coefficient (Wildman–Crippen LogP) is 2.67. The van der Waals surface area contributed by atoms with Gasteiger partial charge in [0, 0.05) is 1.43 Å². The van der Waals surface area contributed by atoms with Crippen molar-refractivity contribution in [2.45, 2.75) is 47.1 Å². The van der Waals surface area contributed by atoms with Crippen LogP contribution < -0.4 is 5.32 Å². The fourth-order valence-corrected chi connectivity index (χ4v) is 0.596. The van der Waals surface area contributed by atoms with E-state index in [-0.39, 0.29) is 7.53 Å². The van der Waals surface area contributed by atoms with Crippen molar-refractivity contribution in [1.82, 2.24) is 5.32 Å². The Labute approximate surface area is 84.0 Å². The molecule has 3 nitrogen and oxygen atoms in total. The summed E-state index contributed by atoms with van der Waals surface area (Å²) in [5.74, 6) is 0. The molecular formula is C10H26N2O. The first kappa shape index (κ1) is 14.9. The van der Waals surface area contributed by atoms with Gasteiger partial charge in [0.1, 0.15) is 6.10 Å². The van der Waals surface area contributed by atoms with E-state index in [1.165, 1.54) is 0 Å². The zero-order chi connectivity index (χ0) is 10.7. The number of hydrogen-bond donors (Lipinski definition) is 1. The third-order valence-electron chi connectivity index (χ3n) is 1.22. The highest BCUT2D eigenvalue weighted by Gasteiger charge is 1.99. The van der Waals surface area contributed by atoms with E-state index in [1.54, 1.807) is 0 Å². The molecule has 3 heteroatoms. The molecule has 0 aliphatic carbocycles. The summed E-state index contributed by atoms with van der Waals surface area (Å²) in [7, 11) is 1.93. The summed E-state index contributed by atoms with van der Waals surface area (Å²) in [6, 6.07) is 0. The van der Waals surface area contributed by atoms with Crippen molar-refractivity contribution in [2.24, 2.45) is 5.16 Å². The van der Waals surface area contributed by atoms with Crippen LogP contribution in [0.5, 0.6) is 0 Å². The number of hydrogen-bond acceptors (Lipinski definition) is 3. The van der Waals surface area contributed by atoms with Gasteiger partial charge in [-0.1, -0.05) is 19.0 Å². The summed E-state index contributed by atoms with van der Waals surface area (Å²) in [6.45, 7) is 10.8. The van der Waals surface area contributed by atoms with Gasteiger partial charge in [-0.05, 0) is 40.8 Å². The molecule has 0 aliphatic rings. The minimum absolute atomic E-state index is 0. The SMILES string of the molecule is CC.CNCCC(C)ON=C(C)C.[HH]. The van der Waals surface area contributed by atoms with Crippen LogP contribution in [0.4, 0.5) is 0 Å². The van der Waals surface area contributed by atoms with Crippen molar-refractivity contribution < 1.29 is 6.26 Å². The molecule has 0 radical (unpaired) electrons. The molecule has 0 heterocycles. The van der Waals surface area contributed by atoms with Crippen LogP contribution in [0.2, 0.25) is 0 Å². The van der Waals surface area contributed by atoms with E-state index in [0.717, 1.165) is 18.7 Å². The lowest BCUT2D eigenvalue weighted by Gasteiger charge is -2.08. The van der Waals surface area contributed by atoms with E-state index < -0.39 is 0 Å². The van der Waals surface area contributed by atoms with Crippen molar-refractivity contribution in [1.29, 1.82) is 0 Å². The van der Waals surface area contributed by atoms with Crippen molar-refractivity contribution in [3.8, 4) is 0 Å². The second kappa shape index (κ2) is 11.4. The summed E-state index contributed by atoms with van der Waals surface area (Å²) in [5, 5.41) is 6.92. The normalized spacial score (nSPS) is 10.9. The number of rotatable bonds is 5. The Hall–Kier alpha value is -0.570. The van der Waals surface area contributed by atoms with Crippen molar-refractivity contribution >= 4 is 5.71 Å². The Kier molecular flexibility index (Phi) is 13.1. The Morgan fingerprint density at radius 3 is 2.38 bits per heavy atom. The van der Waals surface area contributed by atoms with Gasteiger partial charge >= 0.3 is 0 Å². The van der Waals surface area contributed by atoms with Gasteiger partial charge in [-0.3, -0.25) is 0 Å². The van der Waals surface area contributed by atoms with E-state index in [9.17, 15) is 0 Å². The van der Waals surface area contributed by atoms with Crippen LogP contribution in [0.25, 0.3) is 0 Å². The first-order valence-electron chi connectivity index (χ1n) is 4.98. The van der Waals surface area contributed by atoms with E-state index in [2.05, 4.69) is 10.5 Å². The minimum atomic E-state index is 0. The molecule has 1 unspecified atom stereocenters. The molecule has 0 amide bonds. The molecule has 0 spiro atoms. The van der Waals surface area contributed by atoms with E-state index in [0.29, 0.717) is 0 Å². The van der Waals surface area contributed by atoms with Gasteiger partial charge in [-0.25, -0.2) is 0 Å². The maximum Gasteiger partial charge on any atom is 0.126 e. The molecular weight excluding hydrogens is 164 g/mol. The molecule has 0 fully saturated rings. The average Bonchev–Trinajstić information content (AvgIpc) is 2.14. The Bertz CT molecular complexity index is 125. The lowest BCUT2D eigenvalue weighted by Crippen LogP contribution is -2.15. The monoisotopic (exact) mass is 190 g/mol. The van der Waals surface area contributed by atoms with Gasteiger partial charge < -0.3 is 10.2 Å². The van der Waals surface area contributed by atoms with E-state index >= 15 is 0 Å². The highest BCUT2D eigenvalue weighted by atomic mass is 16.6. The van der Waals surface area contributed by atoms with Crippen molar-refractivity contribution in [3.63, 3.8) is 0 Å². The second-order valence-electron chi connectivity index (χ2n) is 2.85. The van der Waals surface area contributed by atoms with Gasteiger partial charge in [-0.2, -0.15) is 0 Å². The fourth-order valence-electron chi connectivity index (χ4n) is 0.596. The molecule has 0 saturated carbocycles. The van der Waals surface area contributed by atoms with E-state index in [1.807, 2.05) is 41.7 Å². The average molecular weight is 190 g/mol. The first-order chi connectivity index (χ1) is 6.16. The lowest BCUT2D eigenvalue weighted by molar-refractivity contribution is 0.0666. The minimum Gasteiger partial charge on any atom is -0.393 e. The van der Waals surface area contributed by atoms with Crippen LogP contribution in [0.15, 0.2) is 5.16 Å². The third-order valence-corrected chi connectivity index (χ3v) is 1.22. The summed E-state index contributed by atoms with van der Waals surface area (Å²) in [5.41, 5.74) is 0.960. The molecule has 0 aromatic heterocycles. The molecule has 0 aromatic rings. The molecule has 0 aromatic carbocycles. The van der Waals surface area contributed by atoms with Crippen LogP contribution >= 0.6 is 0 Å². The van der Waals surface area contributed by atoms with Gasteiger partial charge in [0.2, 0.25) is 0 Å². The van der Waals surface area contributed by atoms with Crippen LogP contribution in [-0.2, 0) is 4.84 Å². The second-order valence-corrected chi connectivity index (χ2v) is 2.85. The van der Waals surface area contributed by atoms with Crippen LogP contribution in [0, 0.1) is 0 Å². The van der Waals surface area contributed by atoms with Crippen molar-refractivity contribution in [3.05, 3.63) is 0 Å². The van der Waals surface area contributed by atoms with E-state index in [4.69, 9.17) is 4.84 Å². The zero-order valence-corrected chi connectivity index (χ0v) is 9.85. The van der Waals surface area contributed by atoms with Gasteiger partial charge in [0.25, 0.3) is 0 Å². The predicted molar refractivity (Wildman–Crippen MR) is 61.3 cm³/mol. The number of nitrogens with one attached hydrogen (secondary N) is 1. The summed E-state index contributed by atoms with van der Waals surface area (Å²) < 4.78 is 0. The summed E-state index contributed by atoms with van der Waals surface area (Å²) in [6.07, 6.45) is 1.20. The van der Waals surface area contributed by atoms with Crippen LogP contribution in [0.1, 0.15) is 42.5 Å². The molecule has 1 N–H and O–H groups in total. The molecule has 0 rings (SSSR count). The molecule has 0 saturated heterocycles. The van der Waals surface area contributed by atoms with Crippen LogP contribution in [-0.4, -0.2) is 25.4 Å². The molecule has 13 heavy (non-hydrogen) atoms. The lowest BCUT2D eigenvalue weighted by atomic mass is 10.3. The smallest absolute Gasteiger partial charge is 0.126 e. The number of oxime groups is 1. The standard InChI is InChI=1S/C8H18N2O.C2H6.H2/c1-7(2)10-11-8(3)5-6-9-4;1-2;/h8-9H,5-6H2,1-4H3;1-2H3;1H. The third kappa shape index (κ3) is 14.3. The molecule has 1 atom stereocenters. The molecule has 0 aliphatic heterocycles. The highest BCUT2D eigenvalue weighted by molar-refractivity contribution is 5.78. The Morgan fingerprint density at radius 2 is 2.00 bits per heavy atom. The quantitative estimate of drug-likeness (QED) is 0.534. The van der Waals surface area contributed by atoms with Crippen molar-refractivity contribution in [2.75, 3.05) is 13.6 Å². The first-order valence-corrected chi connectivity index (χ1v) is 4.98. The summed E-state index contributed by atoms with van der Waals surface area (Å²) in [4.78, 5) is 5.15. The topological polar surface area (TPSA) is 33.6 Å². The molecule has 0 bridgehead atoms.